The van der Waals surface area contributed by atoms with Gasteiger partial charge in [0.05, 0.1) is 18.6 Å². The Labute approximate surface area is 126 Å². The first-order chi connectivity index (χ1) is 9.18. The van der Waals surface area contributed by atoms with Gasteiger partial charge in [0.2, 0.25) is 0 Å². The van der Waals surface area contributed by atoms with Crippen LogP contribution in [-0.4, -0.2) is 18.1 Å². The summed E-state index contributed by atoms with van der Waals surface area (Å²) < 4.78 is 42.0. The smallest absolute Gasteiger partial charge is 0.369 e. The number of hydrogen-bond acceptors (Lipinski definition) is 1. The number of rotatable bonds is 6. The topological polar surface area (TPSA) is 9.23 Å². The first-order valence-electron chi connectivity index (χ1n) is 6.55. The fourth-order valence-corrected chi connectivity index (χ4v) is 2.30. The minimum atomic E-state index is -4.19. The van der Waals surface area contributed by atoms with Gasteiger partial charge >= 0.3 is 6.18 Å². The Balaban J connectivity index is 2.77. The van der Waals surface area contributed by atoms with E-state index in [4.69, 9.17) is 4.74 Å². The second-order valence-corrected chi connectivity index (χ2v) is 5.92. The lowest BCUT2D eigenvalue weighted by Gasteiger charge is -2.29. The Kier molecular flexibility index (Phi) is 6.07. The van der Waals surface area contributed by atoms with E-state index in [0.29, 0.717) is 11.2 Å². The average Bonchev–Trinajstić information content (AvgIpc) is 2.37. The molecule has 1 atom stereocenters. The molecule has 0 aromatic heterocycles. The van der Waals surface area contributed by atoms with Gasteiger partial charge in [-0.05, 0) is 24.0 Å². The SMILES string of the molecule is CC(C)c1ccc(C(C)(CBr)OCCC(F)(F)F)cc1. The molecule has 0 bridgehead atoms. The summed E-state index contributed by atoms with van der Waals surface area (Å²) >= 11 is 3.33. The summed E-state index contributed by atoms with van der Waals surface area (Å²) in [6.07, 6.45) is -5.12. The predicted octanol–water partition coefficient (Wildman–Crippen LogP) is 5.39. The summed E-state index contributed by atoms with van der Waals surface area (Å²) in [5.74, 6) is 0.422. The highest BCUT2D eigenvalue weighted by atomic mass is 79.9. The maximum absolute atomic E-state index is 12.2. The molecule has 0 N–H and O–H groups in total. The third kappa shape index (κ3) is 5.09. The van der Waals surface area contributed by atoms with Crippen LogP contribution in [0, 0.1) is 0 Å². The van der Waals surface area contributed by atoms with Crippen LogP contribution in [0.15, 0.2) is 24.3 Å². The second kappa shape index (κ2) is 6.94. The molecular weight excluding hydrogens is 333 g/mol. The molecule has 5 heteroatoms. The normalized spacial score (nSPS) is 15.4. The molecule has 1 nitrogen and oxygen atoms in total. The Morgan fingerprint density at radius 2 is 1.70 bits per heavy atom. The quantitative estimate of drug-likeness (QED) is 0.623. The molecule has 1 unspecified atom stereocenters. The lowest BCUT2D eigenvalue weighted by molar-refractivity contribution is -0.155. The maximum Gasteiger partial charge on any atom is 0.391 e. The van der Waals surface area contributed by atoms with Crippen molar-refractivity contribution in [2.45, 2.75) is 44.9 Å². The summed E-state index contributed by atoms with van der Waals surface area (Å²) in [6, 6.07) is 7.83. The third-order valence-electron chi connectivity index (χ3n) is 3.25. The third-order valence-corrected chi connectivity index (χ3v) is 4.32. The van der Waals surface area contributed by atoms with Crippen LogP contribution in [0.2, 0.25) is 0 Å². The molecule has 0 aliphatic rings. The zero-order chi connectivity index (χ0) is 15.4. The molecule has 1 rings (SSSR count). The van der Waals surface area contributed by atoms with E-state index in [2.05, 4.69) is 29.8 Å². The van der Waals surface area contributed by atoms with Gasteiger partial charge in [0.25, 0.3) is 0 Å². The molecule has 114 valence electrons. The summed E-state index contributed by atoms with van der Waals surface area (Å²) in [5, 5.41) is 0.443. The summed E-state index contributed by atoms with van der Waals surface area (Å²) in [5.41, 5.74) is 1.32. The molecule has 0 aliphatic heterocycles. The van der Waals surface area contributed by atoms with E-state index in [-0.39, 0.29) is 6.61 Å². The van der Waals surface area contributed by atoms with Crippen LogP contribution in [0.3, 0.4) is 0 Å². The van der Waals surface area contributed by atoms with Crippen LogP contribution < -0.4 is 0 Å². The number of hydrogen-bond donors (Lipinski definition) is 0. The minimum absolute atomic E-state index is 0.336. The molecule has 0 saturated heterocycles. The Morgan fingerprint density at radius 3 is 2.10 bits per heavy atom. The van der Waals surface area contributed by atoms with Crippen LogP contribution in [-0.2, 0) is 10.3 Å². The van der Waals surface area contributed by atoms with Crippen LogP contribution >= 0.6 is 15.9 Å². The van der Waals surface area contributed by atoms with Crippen LogP contribution in [0.1, 0.15) is 44.2 Å². The van der Waals surface area contributed by atoms with Gasteiger partial charge in [-0.15, -0.1) is 0 Å². The molecule has 20 heavy (non-hydrogen) atoms. The molecule has 0 radical (unpaired) electrons. The van der Waals surface area contributed by atoms with Gasteiger partial charge in [0.15, 0.2) is 0 Å². The van der Waals surface area contributed by atoms with Crippen LogP contribution in [0.5, 0.6) is 0 Å². The molecule has 0 fully saturated rings. The van der Waals surface area contributed by atoms with Gasteiger partial charge in [-0.2, -0.15) is 13.2 Å². The lowest BCUT2D eigenvalue weighted by atomic mass is 9.94. The van der Waals surface area contributed by atoms with E-state index in [1.54, 1.807) is 6.92 Å². The largest absolute Gasteiger partial charge is 0.391 e. The minimum Gasteiger partial charge on any atom is -0.369 e. The van der Waals surface area contributed by atoms with Crippen LogP contribution in [0.25, 0.3) is 0 Å². The summed E-state index contributed by atoms with van der Waals surface area (Å²) in [4.78, 5) is 0. The Hall–Kier alpha value is -0.550. The number of benzene rings is 1. The molecule has 0 spiro atoms. The molecule has 0 saturated carbocycles. The van der Waals surface area contributed by atoms with Crippen molar-refractivity contribution in [2.24, 2.45) is 0 Å². The highest BCUT2D eigenvalue weighted by Crippen LogP contribution is 2.30. The van der Waals surface area contributed by atoms with Gasteiger partial charge in [-0.3, -0.25) is 0 Å². The second-order valence-electron chi connectivity index (χ2n) is 5.35. The highest BCUT2D eigenvalue weighted by molar-refractivity contribution is 9.09. The van der Waals surface area contributed by atoms with Gasteiger partial charge in [-0.25, -0.2) is 0 Å². The molecule has 0 amide bonds. The zero-order valence-corrected chi connectivity index (χ0v) is 13.5. The lowest BCUT2D eigenvalue weighted by Crippen LogP contribution is -2.29. The first-order valence-corrected chi connectivity index (χ1v) is 7.67. The van der Waals surface area contributed by atoms with Gasteiger partial charge in [0.1, 0.15) is 0 Å². The predicted molar refractivity (Wildman–Crippen MR) is 78.3 cm³/mol. The van der Waals surface area contributed by atoms with Crippen molar-refractivity contribution >= 4 is 15.9 Å². The standard InChI is InChI=1S/C15H20BrF3O/c1-11(2)12-4-6-13(7-5-12)14(3,10-16)20-9-8-15(17,18)19/h4-7,11H,8-10H2,1-3H3. The monoisotopic (exact) mass is 352 g/mol. The molecule has 1 aromatic carbocycles. The summed E-state index contributed by atoms with van der Waals surface area (Å²) in [7, 11) is 0. The first kappa shape index (κ1) is 17.5. The fourth-order valence-electron chi connectivity index (χ4n) is 1.81. The van der Waals surface area contributed by atoms with Crippen molar-refractivity contribution in [2.75, 3.05) is 11.9 Å². The molecule has 1 aromatic rings. The summed E-state index contributed by atoms with van der Waals surface area (Å²) in [6.45, 7) is 5.65. The van der Waals surface area contributed by atoms with E-state index < -0.39 is 18.2 Å². The zero-order valence-electron chi connectivity index (χ0n) is 11.9. The van der Waals surface area contributed by atoms with E-state index in [1.165, 1.54) is 5.56 Å². The van der Waals surface area contributed by atoms with Crippen molar-refractivity contribution < 1.29 is 17.9 Å². The molecule has 0 heterocycles. The molecular formula is C15H20BrF3O. The van der Waals surface area contributed by atoms with Crippen molar-refractivity contribution in [1.82, 2.24) is 0 Å². The maximum atomic E-state index is 12.2. The highest BCUT2D eigenvalue weighted by Gasteiger charge is 2.31. The van der Waals surface area contributed by atoms with Crippen molar-refractivity contribution in [3.8, 4) is 0 Å². The van der Waals surface area contributed by atoms with E-state index >= 15 is 0 Å². The van der Waals surface area contributed by atoms with Crippen molar-refractivity contribution in [3.05, 3.63) is 35.4 Å². The number of ether oxygens (including phenoxy) is 1. The average molecular weight is 353 g/mol. The van der Waals surface area contributed by atoms with E-state index in [0.717, 1.165) is 5.56 Å². The number of alkyl halides is 4. The van der Waals surface area contributed by atoms with Crippen molar-refractivity contribution in [1.29, 1.82) is 0 Å². The van der Waals surface area contributed by atoms with Crippen molar-refractivity contribution in [3.63, 3.8) is 0 Å². The van der Waals surface area contributed by atoms with E-state index in [1.807, 2.05) is 24.3 Å². The molecule has 0 aliphatic carbocycles. The van der Waals surface area contributed by atoms with Crippen LogP contribution in [0.4, 0.5) is 13.2 Å². The van der Waals surface area contributed by atoms with E-state index in [9.17, 15) is 13.2 Å². The fraction of sp³-hybridized carbons (Fsp3) is 0.600. The number of halogens is 4. The van der Waals surface area contributed by atoms with Gasteiger partial charge in [-0.1, -0.05) is 54.0 Å². The van der Waals surface area contributed by atoms with Gasteiger partial charge < -0.3 is 4.74 Å². The Morgan fingerprint density at radius 1 is 1.15 bits per heavy atom. The Bertz CT molecular complexity index is 414. The van der Waals surface area contributed by atoms with Gasteiger partial charge in [0, 0.05) is 5.33 Å².